The third-order valence-electron chi connectivity index (χ3n) is 5.87. The van der Waals surface area contributed by atoms with Crippen LogP contribution in [0.5, 0.6) is 5.75 Å². The molecule has 0 aliphatic carbocycles. The van der Waals surface area contributed by atoms with Crippen molar-refractivity contribution in [2.75, 3.05) is 6.61 Å². The molecule has 0 atom stereocenters. The van der Waals surface area contributed by atoms with E-state index in [0.29, 0.717) is 34.4 Å². The number of halogens is 2. The van der Waals surface area contributed by atoms with Crippen molar-refractivity contribution in [3.05, 3.63) is 106 Å². The van der Waals surface area contributed by atoms with Crippen LogP contribution in [0.15, 0.2) is 83.9 Å². The van der Waals surface area contributed by atoms with E-state index in [9.17, 15) is 14.0 Å². The molecule has 0 N–H and O–H groups in total. The van der Waals surface area contributed by atoms with Crippen molar-refractivity contribution >= 4 is 51.5 Å². The molecule has 3 aromatic carbocycles. The van der Waals surface area contributed by atoms with Crippen molar-refractivity contribution < 1.29 is 18.7 Å². The number of aryl methyl sites for hydroxylation is 1. The van der Waals surface area contributed by atoms with Gasteiger partial charge in [-0.2, -0.15) is 0 Å². The summed E-state index contributed by atoms with van der Waals surface area (Å²) in [5, 5.41) is 1.24. The van der Waals surface area contributed by atoms with E-state index in [1.54, 1.807) is 24.3 Å². The molecule has 2 amide bonds. The molecule has 1 saturated heterocycles. The fourth-order valence-corrected chi connectivity index (χ4v) is 5.12. The van der Waals surface area contributed by atoms with E-state index in [4.69, 9.17) is 16.3 Å². The number of carbonyl (C=O) groups is 2. The zero-order valence-electron chi connectivity index (χ0n) is 19.2. The molecule has 0 spiro atoms. The molecule has 0 radical (unpaired) electrons. The number of aromatic nitrogens is 1. The average Bonchev–Trinajstić information content (AvgIpc) is 3.36. The number of para-hydroxylation sites is 2. The Balaban J connectivity index is 1.31. The van der Waals surface area contributed by atoms with Crippen molar-refractivity contribution in [3.8, 4) is 5.75 Å². The summed E-state index contributed by atoms with van der Waals surface area (Å²) in [7, 11) is 0. The molecule has 8 heteroatoms. The largest absolute Gasteiger partial charge is 0.492 e. The maximum atomic E-state index is 13.2. The molecular weight excluding hydrogens is 499 g/mol. The van der Waals surface area contributed by atoms with E-state index in [2.05, 4.69) is 4.57 Å². The lowest BCUT2D eigenvalue weighted by molar-refractivity contribution is -0.123. The van der Waals surface area contributed by atoms with Gasteiger partial charge in [0.05, 0.1) is 23.1 Å². The van der Waals surface area contributed by atoms with Gasteiger partial charge in [-0.25, -0.2) is 4.39 Å². The van der Waals surface area contributed by atoms with Crippen LogP contribution in [0.25, 0.3) is 17.0 Å². The van der Waals surface area contributed by atoms with Gasteiger partial charge in [0.1, 0.15) is 11.6 Å². The Kier molecular flexibility index (Phi) is 7.11. The Morgan fingerprint density at radius 2 is 1.72 bits per heavy atom. The van der Waals surface area contributed by atoms with Gasteiger partial charge in [0.25, 0.3) is 11.1 Å². The van der Waals surface area contributed by atoms with Gasteiger partial charge < -0.3 is 9.30 Å². The molecule has 0 bridgehead atoms. The van der Waals surface area contributed by atoms with Crippen LogP contribution in [0.4, 0.5) is 9.18 Å². The van der Waals surface area contributed by atoms with Gasteiger partial charge in [-0.15, -0.1) is 0 Å². The zero-order valence-corrected chi connectivity index (χ0v) is 20.8. The first-order valence-corrected chi connectivity index (χ1v) is 12.6. The summed E-state index contributed by atoms with van der Waals surface area (Å²) in [5.41, 5.74) is 2.59. The quantitative estimate of drug-likeness (QED) is 0.183. The van der Waals surface area contributed by atoms with Crippen LogP contribution < -0.4 is 4.74 Å². The van der Waals surface area contributed by atoms with Gasteiger partial charge in [0.15, 0.2) is 0 Å². The zero-order chi connectivity index (χ0) is 25.1. The van der Waals surface area contributed by atoms with Gasteiger partial charge in [0, 0.05) is 29.2 Å². The number of benzene rings is 3. The van der Waals surface area contributed by atoms with Crippen molar-refractivity contribution in [1.82, 2.24) is 9.47 Å². The molecule has 5 rings (SSSR count). The van der Waals surface area contributed by atoms with Crippen molar-refractivity contribution in [1.29, 1.82) is 0 Å². The summed E-state index contributed by atoms with van der Waals surface area (Å²) in [6.07, 6.45) is 4.53. The smallest absolute Gasteiger partial charge is 0.293 e. The highest BCUT2D eigenvalue weighted by atomic mass is 35.5. The van der Waals surface area contributed by atoms with Crippen LogP contribution in [0.3, 0.4) is 0 Å². The molecule has 4 aromatic rings. The van der Waals surface area contributed by atoms with Gasteiger partial charge in [-0.1, -0.05) is 54.1 Å². The molecule has 1 aromatic heterocycles. The number of ether oxygens (including phenoxy) is 1. The van der Waals surface area contributed by atoms with Crippen molar-refractivity contribution in [2.24, 2.45) is 0 Å². The number of hydrogen-bond acceptors (Lipinski definition) is 4. The molecule has 0 saturated carbocycles. The Bertz CT molecular complexity index is 1470. The second kappa shape index (κ2) is 10.6. The highest BCUT2D eigenvalue weighted by Crippen LogP contribution is 2.35. The lowest BCUT2D eigenvalue weighted by Gasteiger charge is -2.12. The van der Waals surface area contributed by atoms with Crippen LogP contribution in [-0.2, 0) is 17.9 Å². The Labute approximate surface area is 217 Å². The predicted molar refractivity (Wildman–Crippen MR) is 141 cm³/mol. The maximum absolute atomic E-state index is 13.2. The third kappa shape index (κ3) is 5.17. The van der Waals surface area contributed by atoms with Crippen LogP contribution in [-0.4, -0.2) is 27.2 Å². The number of thioether (sulfide) groups is 1. The predicted octanol–water partition coefficient (Wildman–Crippen LogP) is 7.14. The minimum atomic E-state index is -0.361. The SMILES string of the molecule is O=C1S/C(=C\c2cn(CCCOc3ccccc3Cl)c3ccccc23)C(=O)N1Cc1ccc(F)cc1. The molecule has 1 aliphatic heterocycles. The van der Waals surface area contributed by atoms with E-state index in [1.165, 1.54) is 17.0 Å². The summed E-state index contributed by atoms with van der Waals surface area (Å²) in [5.74, 6) is -0.0486. The second-order valence-corrected chi connectivity index (χ2v) is 9.72. The molecule has 5 nitrogen and oxygen atoms in total. The first-order chi connectivity index (χ1) is 17.5. The Hall–Kier alpha value is -3.55. The monoisotopic (exact) mass is 520 g/mol. The minimum absolute atomic E-state index is 0.107. The van der Waals surface area contributed by atoms with Crippen LogP contribution in [0.2, 0.25) is 5.02 Å². The topological polar surface area (TPSA) is 51.5 Å². The number of rotatable bonds is 8. The van der Waals surface area contributed by atoms with E-state index < -0.39 is 0 Å². The number of imide groups is 1. The first kappa shape index (κ1) is 24.2. The number of carbonyl (C=O) groups excluding carboxylic acids is 2. The minimum Gasteiger partial charge on any atom is -0.492 e. The molecule has 1 aliphatic rings. The van der Waals surface area contributed by atoms with E-state index in [1.807, 2.05) is 48.7 Å². The fourth-order valence-electron chi connectivity index (χ4n) is 4.10. The molecule has 2 heterocycles. The highest BCUT2D eigenvalue weighted by molar-refractivity contribution is 8.18. The van der Waals surface area contributed by atoms with Gasteiger partial charge in [-0.3, -0.25) is 14.5 Å². The Morgan fingerprint density at radius 3 is 2.53 bits per heavy atom. The van der Waals surface area contributed by atoms with Crippen molar-refractivity contribution in [2.45, 2.75) is 19.5 Å². The van der Waals surface area contributed by atoms with E-state index >= 15 is 0 Å². The lowest BCUT2D eigenvalue weighted by Crippen LogP contribution is -2.27. The normalized spacial score (nSPS) is 14.8. The van der Waals surface area contributed by atoms with Crippen molar-refractivity contribution in [3.63, 3.8) is 0 Å². The molecule has 182 valence electrons. The number of fused-ring (bicyclic) bond motifs is 1. The van der Waals surface area contributed by atoms with Crippen LogP contribution in [0, 0.1) is 5.82 Å². The summed E-state index contributed by atoms with van der Waals surface area (Å²) in [6, 6.07) is 21.1. The average molecular weight is 521 g/mol. The lowest BCUT2D eigenvalue weighted by atomic mass is 10.1. The first-order valence-electron chi connectivity index (χ1n) is 11.4. The second-order valence-electron chi connectivity index (χ2n) is 8.32. The van der Waals surface area contributed by atoms with E-state index in [-0.39, 0.29) is 23.5 Å². The third-order valence-corrected chi connectivity index (χ3v) is 7.09. The van der Waals surface area contributed by atoms with E-state index in [0.717, 1.165) is 34.6 Å². The highest BCUT2D eigenvalue weighted by Gasteiger charge is 2.35. The van der Waals surface area contributed by atoms with Gasteiger partial charge in [-0.05, 0) is 60.2 Å². The van der Waals surface area contributed by atoms with Crippen LogP contribution in [0.1, 0.15) is 17.5 Å². The molecular formula is C28H22ClFN2O3S. The Morgan fingerprint density at radius 1 is 0.972 bits per heavy atom. The standard InChI is InChI=1S/C28H22ClFN2O3S/c29-23-7-2-4-9-25(23)35-15-5-14-31-18-20(22-6-1-3-8-24(22)31)16-26-27(33)32(28(34)36-26)17-19-10-12-21(30)13-11-19/h1-4,6-13,16,18H,5,14-15,17H2/b26-16-. The molecule has 0 unspecified atom stereocenters. The van der Waals surface area contributed by atoms with Gasteiger partial charge in [0.2, 0.25) is 0 Å². The van der Waals surface area contributed by atoms with Crippen LogP contribution >= 0.6 is 23.4 Å². The number of amides is 2. The number of nitrogens with zero attached hydrogens (tertiary/aromatic N) is 2. The molecule has 1 fully saturated rings. The van der Waals surface area contributed by atoms with Gasteiger partial charge >= 0.3 is 0 Å². The molecule has 36 heavy (non-hydrogen) atoms. The maximum Gasteiger partial charge on any atom is 0.293 e. The summed E-state index contributed by atoms with van der Waals surface area (Å²) in [4.78, 5) is 27.1. The fraction of sp³-hybridized carbons (Fsp3) is 0.143. The number of hydrogen-bond donors (Lipinski definition) is 0. The summed E-state index contributed by atoms with van der Waals surface area (Å²) >= 11 is 7.08. The summed E-state index contributed by atoms with van der Waals surface area (Å²) in [6.45, 7) is 1.33. The summed E-state index contributed by atoms with van der Waals surface area (Å²) < 4.78 is 21.1.